The van der Waals surface area contributed by atoms with Crippen LogP contribution in [0.25, 0.3) is 0 Å². The van der Waals surface area contributed by atoms with E-state index in [0.717, 1.165) is 32.2 Å². The van der Waals surface area contributed by atoms with Crippen LogP contribution in [0.15, 0.2) is 12.1 Å². The molecule has 28 heavy (non-hydrogen) atoms. The second kappa shape index (κ2) is 10.1. The van der Waals surface area contributed by atoms with E-state index < -0.39 is 4.92 Å². The largest absolute Gasteiger partial charge is 0.342 e. The number of nitrogens with zero attached hydrogens (tertiary/aromatic N) is 2. The highest BCUT2D eigenvalue weighted by molar-refractivity contribution is 6.42. The van der Waals surface area contributed by atoms with Crippen LogP contribution >= 0.6 is 35.6 Å². The Labute approximate surface area is 181 Å². The van der Waals surface area contributed by atoms with Gasteiger partial charge in [-0.25, -0.2) is 0 Å². The van der Waals surface area contributed by atoms with Crippen molar-refractivity contribution in [2.45, 2.75) is 57.0 Å². The maximum absolute atomic E-state index is 13.0. The zero-order chi connectivity index (χ0) is 19.6. The number of likely N-dealkylation sites (N-methyl/N-ethyl adjacent to an activating group) is 1. The second-order valence-corrected chi connectivity index (χ2v) is 8.37. The number of nitrogens with one attached hydrogen (secondary N) is 1. The zero-order valence-corrected chi connectivity index (χ0v) is 18.2. The van der Waals surface area contributed by atoms with Gasteiger partial charge < -0.3 is 10.2 Å². The van der Waals surface area contributed by atoms with Crippen molar-refractivity contribution < 1.29 is 9.72 Å². The van der Waals surface area contributed by atoms with Gasteiger partial charge in [-0.05, 0) is 44.2 Å². The van der Waals surface area contributed by atoms with Crippen molar-refractivity contribution in [3.8, 4) is 0 Å². The predicted molar refractivity (Wildman–Crippen MR) is 114 cm³/mol. The van der Waals surface area contributed by atoms with E-state index in [0.29, 0.717) is 17.5 Å². The third kappa shape index (κ3) is 5.09. The first-order valence-electron chi connectivity index (χ1n) is 9.50. The molecule has 1 heterocycles. The summed E-state index contributed by atoms with van der Waals surface area (Å²) in [5.41, 5.74) is 0.140. The third-order valence-electron chi connectivity index (χ3n) is 5.95. The number of carbonyl (C=O) groups excluding carboxylic acids is 1. The molecule has 3 atom stereocenters. The van der Waals surface area contributed by atoms with E-state index in [1.54, 1.807) is 4.90 Å². The number of hydrogen-bond acceptors (Lipinski definition) is 4. The van der Waals surface area contributed by atoms with E-state index in [1.807, 2.05) is 7.05 Å². The molecule has 2 aliphatic rings. The fourth-order valence-corrected chi connectivity index (χ4v) is 4.87. The Kier molecular flexibility index (Phi) is 8.37. The minimum Gasteiger partial charge on any atom is -0.342 e. The van der Waals surface area contributed by atoms with Crippen molar-refractivity contribution >= 4 is 47.2 Å². The van der Waals surface area contributed by atoms with Gasteiger partial charge in [-0.1, -0.05) is 36.0 Å². The average molecular weight is 451 g/mol. The lowest BCUT2D eigenvalue weighted by atomic mass is 9.78. The van der Waals surface area contributed by atoms with Gasteiger partial charge in [0.25, 0.3) is 5.69 Å². The predicted octanol–water partition coefficient (Wildman–Crippen LogP) is 4.64. The molecule has 1 aromatic carbocycles. The van der Waals surface area contributed by atoms with E-state index >= 15 is 0 Å². The summed E-state index contributed by atoms with van der Waals surface area (Å²) in [5.74, 6) is 0.324. The van der Waals surface area contributed by atoms with E-state index in [1.165, 1.54) is 25.0 Å². The number of rotatable bonds is 5. The van der Waals surface area contributed by atoms with Gasteiger partial charge in [0.15, 0.2) is 0 Å². The topological polar surface area (TPSA) is 75.5 Å². The highest BCUT2D eigenvalue weighted by Gasteiger charge is 2.37. The van der Waals surface area contributed by atoms with Gasteiger partial charge in [0.05, 0.1) is 21.4 Å². The summed E-state index contributed by atoms with van der Waals surface area (Å²) in [4.78, 5) is 25.6. The quantitative estimate of drug-likeness (QED) is 0.524. The number of benzene rings is 1. The smallest absolute Gasteiger partial charge is 0.274 e. The van der Waals surface area contributed by atoms with Crippen molar-refractivity contribution in [3.63, 3.8) is 0 Å². The van der Waals surface area contributed by atoms with Gasteiger partial charge in [0.1, 0.15) is 0 Å². The summed E-state index contributed by atoms with van der Waals surface area (Å²) < 4.78 is 0. The molecular formula is C19H26Cl3N3O3. The Hall–Kier alpha value is -1.08. The van der Waals surface area contributed by atoms with Gasteiger partial charge in [0.2, 0.25) is 5.91 Å². The van der Waals surface area contributed by atoms with Crippen LogP contribution in [0.5, 0.6) is 0 Å². The standard InChI is InChI=1S/C19H25Cl2N3O3.ClH/c1-23(17-7-3-2-5-13(17)16-6-4-8-22-16)19(25)10-12-9-14(20)15(21)11-18(12)24(26)27;/h9,11,13,16-17,22H,2-8,10H2,1H3;1H. The molecule has 9 heteroatoms. The normalized spacial score (nSPS) is 24.5. The first-order valence-corrected chi connectivity index (χ1v) is 10.3. The van der Waals surface area contributed by atoms with E-state index in [-0.39, 0.29) is 46.5 Å². The highest BCUT2D eigenvalue weighted by Crippen LogP contribution is 2.35. The summed E-state index contributed by atoms with van der Waals surface area (Å²) in [7, 11) is 1.82. The summed E-state index contributed by atoms with van der Waals surface area (Å²) in [6, 6.07) is 3.29. The number of nitro benzene ring substituents is 1. The van der Waals surface area contributed by atoms with Crippen LogP contribution < -0.4 is 5.32 Å². The molecule has 1 N–H and O–H groups in total. The summed E-state index contributed by atoms with van der Waals surface area (Å²) in [5, 5.41) is 15.3. The number of halogens is 3. The van der Waals surface area contributed by atoms with Crippen molar-refractivity contribution in [2.24, 2.45) is 5.92 Å². The zero-order valence-electron chi connectivity index (χ0n) is 15.8. The van der Waals surface area contributed by atoms with Crippen LogP contribution in [0.4, 0.5) is 5.69 Å². The van der Waals surface area contributed by atoms with Crippen LogP contribution in [0.3, 0.4) is 0 Å². The molecule has 0 radical (unpaired) electrons. The molecule has 3 rings (SSSR count). The minimum atomic E-state index is -0.517. The number of amides is 1. The Morgan fingerprint density at radius 1 is 1.21 bits per heavy atom. The maximum Gasteiger partial charge on any atom is 0.274 e. The average Bonchev–Trinajstić information content (AvgIpc) is 3.18. The van der Waals surface area contributed by atoms with Crippen LogP contribution in [0.1, 0.15) is 44.1 Å². The maximum atomic E-state index is 13.0. The van der Waals surface area contributed by atoms with Gasteiger partial charge >= 0.3 is 0 Å². The second-order valence-electron chi connectivity index (χ2n) is 7.55. The number of carbonyl (C=O) groups is 1. The van der Waals surface area contributed by atoms with Crippen molar-refractivity contribution in [1.82, 2.24) is 10.2 Å². The van der Waals surface area contributed by atoms with Crippen molar-refractivity contribution in [3.05, 3.63) is 37.9 Å². The molecule has 156 valence electrons. The minimum absolute atomic E-state index is 0. The molecule has 1 saturated carbocycles. The molecule has 1 aromatic rings. The molecule has 1 amide bonds. The molecule has 2 fully saturated rings. The van der Waals surface area contributed by atoms with Crippen LogP contribution in [-0.2, 0) is 11.2 Å². The lowest BCUT2D eigenvalue weighted by molar-refractivity contribution is -0.385. The molecule has 1 aliphatic heterocycles. The van der Waals surface area contributed by atoms with Crippen molar-refractivity contribution in [1.29, 1.82) is 0 Å². The van der Waals surface area contributed by atoms with E-state index in [9.17, 15) is 14.9 Å². The molecule has 0 bridgehead atoms. The van der Waals surface area contributed by atoms with Gasteiger partial charge in [0, 0.05) is 30.8 Å². The number of nitro groups is 1. The summed E-state index contributed by atoms with van der Waals surface area (Å²) in [6.07, 6.45) is 6.69. The summed E-state index contributed by atoms with van der Waals surface area (Å²) in [6.45, 7) is 1.04. The third-order valence-corrected chi connectivity index (χ3v) is 6.67. The Morgan fingerprint density at radius 2 is 1.89 bits per heavy atom. The van der Waals surface area contributed by atoms with Crippen LogP contribution in [0.2, 0.25) is 10.0 Å². The first-order chi connectivity index (χ1) is 12.9. The molecule has 0 spiro atoms. The Bertz CT molecular complexity index is 726. The molecular weight excluding hydrogens is 425 g/mol. The Balaban J connectivity index is 0.00000280. The Morgan fingerprint density at radius 3 is 2.54 bits per heavy atom. The van der Waals surface area contributed by atoms with E-state index in [2.05, 4.69) is 5.32 Å². The summed E-state index contributed by atoms with van der Waals surface area (Å²) >= 11 is 11.9. The fourth-order valence-electron chi connectivity index (χ4n) is 4.53. The van der Waals surface area contributed by atoms with Gasteiger partial charge in [-0.3, -0.25) is 14.9 Å². The van der Waals surface area contributed by atoms with E-state index in [4.69, 9.17) is 23.2 Å². The van der Waals surface area contributed by atoms with Gasteiger partial charge in [-0.2, -0.15) is 0 Å². The highest BCUT2D eigenvalue weighted by atomic mass is 35.5. The van der Waals surface area contributed by atoms with Gasteiger partial charge in [-0.15, -0.1) is 12.4 Å². The van der Waals surface area contributed by atoms with Crippen LogP contribution in [-0.4, -0.2) is 41.4 Å². The molecule has 1 aliphatic carbocycles. The first kappa shape index (κ1) is 23.2. The molecule has 6 nitrogen and oxygen atoms in total. The lowest BCUT2D eigenvalue weighted by Gasteiger charge is -2.41. The van der Waals surface area contributed by atoms with Crippen molar-refractivity contribution in [2.75, 3.05) is 13.6 Å². The molecule has 3 unspecified atom stereocenters. The molecule has 0 aromatic heterocycles. The monoisotopic (exact) mass is 449 g/mol. The lowest BCUT2D eigenvalue weighted by Crippen LogP contribution is -2.50. The molecule has 1 saturated heterocycles. The number of hydrogen-bond donors (Lipinski definition) is 1. The SMILES string of the molecule is CN(C(=O)Cc1cc(Cl)c(Cl)cc1[N+](=O)[O-])C1CCCCC1C1CCCN1.Cl. The van der Waals surface area contributed by atoms with Crippen LogP contribution in [0, 0.1) is 16.0 Å². The fraction of sp³-hybridized carbons (Fsp3) is 0.632.